The van der Waals surface area contributed by atoms with Crippen LogP contribution in [0.3, 0.4) is 0 Å². The Morgan fingerprint density at radius 3 is 2.50 bits per heavy atom. The molecular formula is C18H23NO3. The fraction of sp³-hybridized carbons (Fsp3) is 0.444. The summed E-state index contributed by atoms with van der Waals surface area (Å²) in [6.07, 6.45) is 5.43. The number of carbonyl (C=O) groups is 2. The van der Waals surface area contributed by atoms with Crippen LogP contribution in [0.1, 0.15) is 30.9 Å². The van der Waals surface area contributed by atoms with E-state index in [2.05, 4.69) is 0 Å². The van der Waals surface area contributed by atoms with Crippen LogP contribution in [0.5, 0.6) is 0 Å². The van der Waals surface area contributed by atoms with E-state index >= 15 is 0 Å². The molecule has 1 aliphatic carbocycles. The first-order chi connectivity index (χ1) is 10.5. The number of methoxy groups -OCH3 is 1. The quantitative estimate of drug-likeness (QED) is 0.599. The lowest BCUT2D eigenvalue weighted by Gasteiger charge is -2.23. The second kappa shape index (κ2) is 7.25. The molecule has 1 atom stereocenters. The standard InChI is InChI=1S/C18H23NO3/c1-13-4-6-15(7-5-13)8-11-17(20)19(16-9-10-16)12-14(2)18(21)22-3/h4-8,11,14,16H,9-10,12H2,1-3H3/b11-8+. The minimum atomic E-state index is -0.303. The van der Waals surface area contributed by atoms with E-state index in [-0.39, 0.29) is 23.8 Å². The highest BCUT2D eigenvalue weighted by Gasteiger charge is 2.33. The van der Waals surface area contributed by atoms with Gasteiger partial charge in [-0.15, -0.1) is 0 Å². The van der Waals surface area contributed by atoms with Crippen molar-refractivity contribution in [3.63, 3.8) is 0 Å². The van der Waals surface area contributed by atoms with Gasteiger partial charge in [0.1, 0.15) is 0 Å². The van der Waals surface area contributed by atoms with Gasteiger partial charge in [-0.2, -0.15) is 0 Å². The lowest BCUT2D eigenvalue weighted by molar-refractivity contribution is -0.146. The van der Waals surface area contributed by atoms with Crippen LogP contribution in [0.15, 0.2) is 30.3 Å². The molecule has 4 heteroatoms. The smallest absolute Gasteiger partial charge is 0.310 e. The van der Waals surface area contributed by atoms with Gasteiger partial charge in [0.05, 0.1) is 13.0 Å². The summed E-state index contributed by atoms with van der Waals surface area (Å²) in [4.78, 5) is 25.7. The Balaban J connectivity index is 2.00. The maximum atomic E-state index is 12.4. The number of aryl methyl sites for hydroxylation is 1. The molecule has 0 aromatic heterocycles. The highest BCUT2D eigenvalue weighted by atomic mass is 16.5. The molecule has 118 valence electrons. The van der Waals surface area contributed by atoms with E-state index in [1.807, 2.05) is 37.3 Å². The molecule has 22 heavy (non-hydrogen) atoms. The fourth-order valence-corrected chi connectivity index (χ4v) is 2.32. The molecule has 0 radical (unpaired) electrons. The van der Waals surface area contributed by atoms with Gasteiger partial charge in [0.25, 0.3) is 0 Å². The molecule has 1 fully saturated rings. The third-order valence-corrected chi connectivity index (χ3v) is 3.84. The molecule has 0 spiro atoms. The SMILES string of the molecule is COC(=O)C(C)CN(C(=O)/C=C/c1ccc(C)cc1)C1CC1. The molecule has 1 aromatic rings. The first-order valence-electron chi connectivity index (χ1n) is 7.64. The van der Waals surface area contributed by atoms with Gasteiger partial charge in [-0.25, -0.2) is 0 Å². The van der Waals surface area contributed by atoms with Gasteiger partial charge in [-0.05, 0) is 31.4 Å². The minimum absolute atomic E-state index is 0.0428. The van der Waals surface area contributed by atoms with Gasteiger partial charge in [0.15, 0.2) is 0 Å². The molecule has 0 N–H and O–H groups in total. The number of hydrogen-bond donors (Lipinski definition) is 0. The first-order valence-corrected chi connectivity index (χ1v) is 7.64. The van der Waals surface area contributed by atoms with Crippen molar-refractivity contribution in [1.29, 1.82) is 0 Å². The lowest BCUT2D eigenvalue weighted by Crippen LogP contribution is -2.37. The summed E-state index contributed by atoms with van der Waals surface area (Å²) in [5, 5.41) is 0. The predicted molar refractivity (Wildman–Crippen MR) is 86.1 cm³/mol. The van der Waals surface area contributed by atoms with E-state index in [0.29, 0.717) is 6.54 Å². The maximum absolute atomic E-state index is 12.4. The summed E-state index contributed by atoms with van der Waals surface area (Å²) in [5.74, 6) is -0.623. The minimum Gasteiger partial charge on any atom is -0.469 e. The van der Waals surface area contributed by atoms with Crippen LogP contribution < -0.4 is 0 Å². The number of nitrogens with zero attached hydrogens (tertiary/aromatic N) is 1. The molecule has 0 bridgehead atoms. The first kappa shape index (κ1) is 16.3. The third-order valence-electron chi connectivity index (χ3n) is 3.84. The van der Waals surface area contributed by atoms with Crippen LogP contribution in [-0.4, -0.2) is 36.5 Å². The van der Waals surface area contributed by atoms with Gasteiger partial charge >= 0.3 is 5.97 Å². The van der Waals surface area contributed by atoms with Gasteiger partial charge in [-0.3, -0.25) is 9.59 Å². The van der Waals surface area contributed by atoms with E-state index in [0.717, 1.165) is 18.4 Å². The summed E-state index contributed by atoms with van der Waals surface area (Å²) in [7, 11) is 1.37. The molecule has 1 saturated carbocycles. The number of esters is 1. The number of rotatable bonds is 6. The van der Waals surface area contributed by atoms with E-state index < -0.39 is 0 Å². The summed E-state index contributed by atoms with van der Waals surface area (Å²) in [5.41, 5.74) is 2.19. The molecular weight excluding hydrogens is 278 g/mol. The predicted octanol–water partition coefficient (Wildman–Crippen LogP) is 2.81. The van der Waals surface area contributed by atoms with Crippen LogP contribution in [0.4, 0.5) is 0 Å². The van der Waals surface area contributed by atoms with Crippen molar-refractivity contribution in [2.45, 2.75) is 32.7 Å². The van der Waals surface area contributed by atoms with Gasteiger partial charge in [0.2, 0.25) is 5.91 Å². The molecule has 0 saturated heterocycles. The maximum Gasteiger partial charge on any atom is 0.310 e. The molecule has 1 unspecified atom stereocenters. The molecule has 1 amide bonds. The summed E-state index contributed by atoms with van der Waals surface area (Å²) >= 11 is 0. The largest absolute Gasteiger partial charge is 0.469 e. The van der Waals surface area contributed by atoms with Crippen LogP contribution in [0, 0.1) is 12.8 Å². The summed E-state index contributed by atoms with van der Waals surface area (Å²) in [6, 6.07) is 8.27. The van der Waals surface area contributed by atoms with Crippen molar-refractivity contribution < 1.29 is 14.3 Å². The zero-order valence-corrected chi connectivity index (χ0v) is 13.4. The zero-order valence-electron chi connectivity index (χ0n) is 13.4. The summed E-state index contributed by atoms with van der Waals surface area (Å²) < 4.78 is 4.74. The van der Waals surface area contributed by atoms with Crippen LogP contribution >= 0.6 is 0 Å². The Morgan fingerprint density at radius 1 is 1.32 bits per heavy atom. The molecule has 4 nitrogen and oxygen atoms in total. The van der Waals surface area contributed by atoms with Crippen LogP contribution in [0.25, 0.3) is 6.08 Å². The van der Waals surface area contributed by atoms with E-state index in [9.17, 15) is 9.59 Å². The normalized spacial score (nSPS) is 15.6. The van der Waals surface area contributed by atoms with Crippen LogP contribution in [-0.2, 0) is 14.3 Å². The fourth-order valence-electron chi connectivity index (χ4n) is 2.32. The summed E-state index contributed by atoms with van der Waals surface area (Å²) in [6.45, 7) is 4.23. The topological polar surface area (TPSA) is 46.6 Å². The van der Waals surface area contributed by atoms with Crippen molar-refractivity contribution in [2.75, 3.05) is 13.7 Å². The van der Waals surface area contributed by atoms with Crippen molar-refractivity contribution in [1.82, 2.24) is 4.90 Å². The van der Waals surface area contributed by atoms with Gasteiger partial charge in [0, 0.05) is 18.7 Å². The van der Waals surface area contributed by atoms with Gasteiger partial charge < -0.3 is 9.64 Å². The number of ether oxygens (including phenoxy) is 1. The number of benzene rings is 1. The highest BCUT2D eigenvalue weighted by Crippen LogP contribution is 2.28. The van der Waals surface area contributed by atoms with Crippen molar-refractivity contribution in [3.8, 4) is 0 Å². The van der Waals surface area contributed by atoms with Crippen LogP contribution in [0.2, 0.25) is 0 Å². The Morgan fingerprint density at radius 2 is 1.95 bits per heavy atom. The van der Waals surface area contributed by atoms with E-state index in [1.165, 1.54) is 12.7 Å². The Hall–Kier alpha value is -2.10. The van der Waals surface area contributed by atoms with E-state index in [1.54, 1.807) is 17.9 Å². The molecule has 2 rings (SSSR count). The molecule has 1 aromatic carbocycles. The molecule has 1 aliphatic rings. The van der Waals surface area contributed by atoms with Crippen molar-refractivity contribution >= 4 is 18.0 Å². The Bertz CT molecular complexity index is 558. The third kappa shape index (κ3) is 4.45. The Labute approximate surface area is 131 Å². The average Bonchev–Trinajstić information content (AvgIpc) is 3.35. The Kier molecular flexibility index (Phi) is 5.36. The number of amides is 1. The average molecular weight is 301 g/mol. The second-order valence-corrected chi connectivity index (χ2v) is 5.89. The molecule has 0 aliphatic heterocycles. The second-order valence-electron chi connectivity index (χ2n) is 5.89. The van der Waals surface area contributed by atoms with Crippen molar-refractivity contribution in [3.05, 3.63) is 41.5 Å². The van der Waals surface area contributed by atoms with E-state index in [4.69, 9.17) is 4.74 Å². The highest BCUT2D eigenvalue weighted by molar-refractivity contribution is 5.92. The van der Waals surface area contributed by atoms with Gasteiger partial charge in [-0.1, -0.05) is 36.8 Å². The molecule has 0 heterocycles. The number of hydrogen-bond acceptors (Lipinski definition) is 3. The lowest BCUT2D eigenvalue weighted by atomic mass is 10.1. The monoisotopic (exact) mass is 301 g/mol. The number of carbonyl (C=O) groups excluding carboxylic acids is 2. The van der Waals surface area contributed by atoms with Crippen molar-refractivity contribution in [2.24, 2.45) is 5.92 Å². The zero-order chi connectivity index (χ0) is 16.1.